The number of hydrogen-bond acceptors (Lipinski definition) is 3. The van der Waals surface area contributed by atoms with E-state index in [1.54, 1.807) is 23.1 Å². The SMILES string of the molecule is CC(c1ccc(Br)cc1)N1CCC(C[C@@]2(C)CO2)(c2ccccc2F)OC1=O. The standard InChI is InChI=1S/C22H23BrFNO3/c1-15(16-7-9-17(23)10-8-16)25-12-11-22(28-20(25)26,13-21(2)14-27-21)18-5-3-4-6-19(18)24/h3-10,15H,11-14H2,1-2H3/t15?,21-,22?/m0/s1. The molecule has 148 valence electrons. The number of halogens is 2. The summed E-state index contributed by atoms with van der Waals surface area (Å²) in [6.07, 6.45) is 0.543. The minimum Gasteiger partial charge on any atom is -0.438 e. The van der Waals surface area contributed by atoms with Crippen LogP contribution in [-0.4, -0.2) is 29.7 Å². The molecule has 3 atom stereocenters. The normalized spacial score (nSPS) is 28.0. The summed E-state index contributed by atoms with van der Waals surface area (Å²) in [4.78, 5) is 14.7. The maximum absolute atomic E-state index is 14.7. The third-order valence-corrected chi connectivity index (χ3v) is 6.28. The van der Waals surface area contributed by atoms with Crippen molar-refractivity contribution < 1.29 is 18.7 Å². The first-order chi connectivity index (χ1) is 13.3. The summed E-state index contributed by atoms with van der Waals surface area (Å²) in [5.74, 6) is -0.353. The smallest absolute Gasteiger partial charge is 0.411 e. The number of ether oxygens (including phenoxy) is 2. The van der Waals surface area contributed by atoms with Gasteiger partial charge in [0.05, 0.1) is 18.2 Å². The summed E-state index contributed by atoms with van der Waals surface area (Å²) >= 11 is 3.43. The molecule has 4 rings (SSSR count). The fourth-order valence-electron chi connectivity index (χ4n) is 4.01. The van der Waals surface area contributed by atoms with Gasteiger partial charge in [-0.1, -0.05) is 46.3 Å². The van der Waals surface area contributed by atoms with Crippen LogP contribution in [0.4, 0.5) is 9.18 Å². The van der Waals surface area contributed by atoms with Crippen LogP contribution in [0.15, 0.2) is 53.0 Å². The molecule has 2 fully saturated rings. The van der Waals surface area contributed by atoms with Gasteiger partial charge in [0.2, 0.25) is 0 Å². The first-order valence-corrected chi connectivity index (χ1v) is 10.3. The topological polar surface area (TPSA) is 42.1 Å². The van der Waals surface area contributed by atoms with Gasteiger partial charge in [-0.05, 0) is 37.6 Å². The first-order valence-electron chi connectivity index (χ1n) is 9.46. The van der Waals surface area contributed by atoms with Crippen LogP contribution in [-0.2, 0) is 15.1 Å². The molecule has 0 aliphatic carbocycles. The second-order valence-electron chi connectivity index (χ2n) is 7.93. The summed E-state index contributed by atoms with van der Waals surface area (Å²) < 4.78 is 27.2. The van der Waals surface area contributed by atoms with Crippen molar-refractivity contribution in [3.8, 4) is 0 Å². The molecule has 2 aromatic carbocycles. The van der Waals surface area contributed by atoms with E-state index in [0.29, 0.717) is 31.6 Å². The van der Waals surface area contributed by atoms with Gasteiger partial charge in [-0.3, -0.25) is 0 Å². The van der Waals surface area contributed by atoms with E-state index in [9.17, 15) is 9.18 Å². The van der Waals surface area contributed by atoms with Gasteiger partial charge in [-0.2, -0.15) is 0 Å². The number of rotatable bonds is 5. The van der Waals surface area contributed by atoms with E-state index in [-0.39, 0.29) is 17.5 Å². The lowest BCUT2D eigenvalue weighted by Gasteiger charge is -2.44. The summed E-state index contributed by atoms with van der Waals surface area (Å²) in [6, 6.07) is 14.3. The number of cyclic esters (lactones) is 1. The van der Waals surface area contributed by atoms with Crippen molar-refractivity contribution in [1.29, 1.82) is 0 Å². The molecule has 2 aliphatic rings. The van der Waals surface area contributed by atoms with Gasteiger partial charge in [0, 0.05) is 29.4 Å². The molecule has 2 heterocycles. The second-order valence-corrected chi connectivity index (χ2v) is 8.84. The van der Waals surface area contributed by atoms with Crippen LogP contribution >= 0.6 is 15.9 Å². The van der Waals surface area contributed by atoms with E-state index in [2.05, 4.69) is 15.9 Å². The summed E-state index contributed by atoms with van der Waals surface area (Å²) in [5.41, 5.74) is 0.0677. The zero-order chi connectivity index (χ0) is 19.9. The highest BCUT2D eigenvalue weighted by Gasteiger charge is 2.53. The molecule has 2 saturated heterocycles. The number of hydrogen-bond donors (Lipinski definition) is 0. The molecule has 2 aliphatic heterocycles. The maximum Gasteiger partial charge on any atom is 0.411 e. The second kappa shape index (κ2) is 7.16. The summed E-state index contributed by atoms with van der Waals surface area (Å²) in [6.45, 7) is 5.03. The molecular weight excluding hydrogens is 425 g/mol. The quantitative estimate of drug-likeness (QED) is 0.562. The average Bonchev–Trinajstić information content (AvgIpc) is 3.38. The van der Waals surface area contributed by atoms with E-state index in [4.69, 9.17) is 9.47 Å². The molecule has 0 spiro atoms. The lowest BCUT2D eigenvalue weighted by atomic mass is 9.81. The third kappa shape index (κ3) is 3.67. The van der Waals surface area contributed by atoms with E-state index in [0.717, 1.165) is 10.0 Å². The van der Waals surface area contributed by atoms with Crippen molar-refractivity contribution in [2.24, 2.45) is 0 Å². The number of epoxide rings is 1. The highest BCUT2D eigenvalue weighted by molar-refractivity contribution is 9.10. The molecule has 1 amide bonds. The average molecular weight is 448 g/mol. The number of benzene rings is 2. The largest absolute Gasteiger partial charge is 0.438 e. The van der Waals surface area contributed by atoms with Crippen LogP contribution in [0.1, 0.15) is 43.9 Å². The highest BCUT2D eigenvalue weighted by atomic mass is 79.9. The highest BCUT2D eigenvalue weighted by Crippen LogP contribution is 2.47. The van der Waals surface area contributed by atoms with Crippen LogP contribution < -0.4 is 0 Å². The molecule has 0 N–H and O–H groups in total. The van der Waals surface area contributed by atoms with Crippen molar-refractivity contribution in [3.63, 3.8) is 0 Å². The Labute approximate surface area is 172 Å². The van der Waals surface area contributed by atoms with Gasteiger partial charge < -0.3 is 14.4 Å². The van der Waals surface area contributed by atoms with Gasteiger partial charge in [-0.25, -0.2) is 9.18 Å². The Morgan fingerprint density at radius 1 is 1.21 bits per heavy atom. The van der Waals surface area contributed by atoms with Gasteiger partial charge >= 0.3 is 6.09 Å². The minimum atomic E-state index is -1.01. The van der Waals surface area contributed by atoms with Crippen molar-refractivity contribution in [2.45, 2.75) is 43.9 Å². The van der Waals surface area contributed by atoms with Gasteiger partial charge in [-0.15, -0.1) is 0 Å². The predicted molar refractivity (Wildman–Crippen MR) is 107 cm³/mol. The molecule has 28 heavy (non-hydrogen) atoms. The molecule has 0 radical (unpaired) electrons. The Balaban J connectivity index is 1.61. The van der Waals surface area contributed by atoms with Crippen LogP contribution in [0.25, 0.3) is 0 Å². The van der Waals surface area contributed by atoms with Gasteiger partial charge in [0.15, 0.2) is 0 Å². The Morgan fingerprint density at radius 2 is 1.89 bits per heavy atom. The Kier molecular flexibility index (Phi) is 4.96. The molecule has 4 nitrogen and oxygen atoms in total. The molecule has 2 unspecified atom stereocenters. The molecule has 0 bridgehead atoms. The zero-order valence-electron chi connectivity index (χ0n) is 16.0. The fourth-order valence-corrected chi connectivity index (χ4v) is 4.28. The van der Waals surface area contributed by atoms with E-state index in [1.165, 1.54) is 6.07 Å². The number of carbonyl (C=O) groups excluding carboxylic acids is 1. The molecular formula is C22H23BrFNO3. The molecule has 0 saturated carbocycles. The summed E-state index contributed by atoms with van der Waals surface area (Å²) in [7, 11) is 0. The third-order valence-electron chi connectivity index (χ3n) is 5.76. The first kappa shape index (κ1) is 19.4. The van der Waals surface area contributed by atoms with Crippen molar-refractivity contribution in [3.05, 3.63) is 69.9 Å². The minimum absolute atomic E-state index is 0.132. The Bertz CT molecular complexity index is 884. The van der Waals surface area contributed by atoms with Crippen molar-refractivity contribution in [1.82, 2.24) is 4.90 Å². The Hall–Kier alpha value is -1.92. The Morgan fingerprint density at radius 3 is 2.50 bits per heavy atom. The molecule has 6 heteroatoms. The van der Waals surface area contributed by atoms with E-state index >= 15 is 0 Å². The van der Waals surface area contributed by atoms with E-state index in [1.807, 2.05) is 38.1 Å². The molecule has 0 aromatic heterocycles. The number of nitrogens with zero attached hydrogens (tertiary/aromatic N) is 1. The maximum atomic E-state index is 14.7. The lowest BCUT2D eigenvalue weighted by molar-refractivity contribution is -0.0767. The van der Waals surface area contributed by atoms with Crippen molar-refractivity contribution >= 4 is 22.0 Å². The lowest BCUT2D eigenvalue weighted by Crippen LogP contribution is -2.50. The monoisotopic (exact) mass is 447 g/mol. The predicted octanol–water partition coefficient (Wildman–Crippen LogP) is 5.57. The summed E-state index contributed by atoms with van der Waals surface area (Å²) in [5, 5.41) is 0. The van der Waals surface area contributed by atoms with Gasteiger partial charge in [0.25, 0.3) is 0 Å². The van der Waals surface area contributed by atoms with Crippen molar-refractivity contribution in [2.75, 3.05) is 13.2 Å². The van der Waals surface area contributed by atoms with Gasteiger partial charge in [0.1, 0.15) is 11.4 Å². The van der Waals surface area contributed by atoms with Crippen LogP contribution in [0.3, 0.4) is 0 Å². The van der Waals surface area contributed by atoms with Crippen LogP contribution in [0.2, 0.25) is 0 Å². The van der Waals surface area contributed by atoms with Crippen LogP contribution in [0.5, 0.6) is 0 Å². The van der Waals surface area contributed by atoms with Crippen LogP contribution in [0, 0.1) is 5.82 Å². The number of amides is 1. The number of carbonyl (C=O) groups is 1. The zero-order valence-corrected chi connectivity index (χ0v) is 17.5. The van der Waals surface area contributed by atoms with E-state index < -0.39 is 11.7 Å². The molecule has 2 aromatic rings. The fraction of sp³-hybridized carbons (Fsp3) is 0.409.